The van der Waals surface area contributed by atoms with Gasteiger partial charge in [-0.3, -0.25) is 9.59 Å². The monoisotopic (exact) mass is 397 g/mol. The smallest absolute Gasteiger partial charge is 0.258 e. The molecule has 3 rings (SSSR count). The Kier molecular flexibility index (Phi) is 6.19. The van der Waals surface area contributed by atoms with Crippen LogP contribution in [0.25, 0.3) is 10.2 Å². The average Bonchev–Trinajstić information content (AvgIpc) is 3.21. The molecule has 0 aliphatic carbocycles. The van der Waals surface area contributed by atoms with Gasteiger partial charge in [-0.1, -0.05) is 22.9 Å². The third-order valence-corrected chi connectivity index (χ3v) is 6.27. The molecule has 1 saturated heterocycles. The number of hydrogen-bond donors (Lipinski definition) is 0. The van der Waals surface area contributed by atoms with Crippen molar-refractivity contribution in [2.75, 3.05) is 24.6 Å². The predicted molar refractivity (Wildman–Crippen MR) is 104 cm³/mol. The topological polar surface area (TPSA) is 54.7 Å². The minimum atomic E-state index is -0.209. The molecule has 1 fully saturated rings. The fourth-order valence-corrected chi connectivity index (χ4v) is 4.95. The maximum Gasteiger partial charge on any atom is 0.258 e. The van der Waals surface area contributed by atoms with Crippen molar-refractivity contribution in [2.45, 2.75) is 26.3 Å². The van der Waals surface area contributed by atoms with E-state index in [2.05, 4.69) is 4.99 Å². The Bertz CT molecular complexity index is 853. The summed E-state index contributed by atoms with van der Waals surface area (Å²) in [5.41, 5.74) is 1.03. The lowest BCUT2D eigenvalue weighted by Crippen LogP contribution is -2.29. The lowest BCUT2D eigenvalue weighted by molar-refractivity contribution is -0.127. The second-order valence-corrected chi connectivity index (χ2v) is 8.26. The Labute approximate surface area is 159 Å². The number of fused-ring (bicyclic) bond motifs is 1. The van der Waals surface area contributed by atoms with Crippen LogP contribution in [0.1, 0.15) is 19.8 Å². The highest BCUT2D eigenvalue weighted by Gasteiger charge is 2.17. The summed E-state index contributed by atoms with van der Waals surface area (Å²) in [5, 5.41) is 0.672. The summed E-state index contributed by atoms with van der Waals surface area (Å²) in [5.74, 6) is 0.476. The first kappa shape index (κ1) is 18.5. The Balaban J connectivity index is 1.66. The number of thioether (sulfide) groups is 1. The number of hydrogen-bond acceptors (Lipinski definition) is 4. The number of carbonyl (C=O) groups excluding carboxylic acids is 2. The van der Waals surface area contributed by atoms with Crippen LogP contribution in [0, 0.1) is 0 Å². The van der Waals surface area contributed by atoms with Crippen LogP contribution in [0.4, 0.5) is 0 Å². The number of benzene rings is 1. The molecule has 0 saturated carbocycles. The van der Waals surface area contributed by atoms with Crippen LogP contribution in [-0.2, 0) is 16.1 Å². The quantitative estimate of drug-likeness (QED) is 0.778. The highest BCUT2D eigenvalue weighted by molar-refractivity contribution is 8.00. The standard InChI is InChI=1S/C17H20ClN3O2S2/c1-2-21-13-6-5-12(18)9-14(13)25-17(21)19-15(22)10-24-11-16(23)20-7-3-4-8-20/h5-6,9H,2-4,7-8,10-11H2,1H3. The van der Waals surface area contributed by atoms with E-state index in [0.29, 0.717) is 15.6 Å². The van der Waals surface area contributed by atoms with Gasteiger partial charge in [-0.15, -0.1) is 11.8 Å². The summed E-state index contributed by atoms with van der Waals surface area (Å²) in [6, 6.07) is 5.68. The summed E-state index contributed by atoms with van der Waals surface area (Å²) >= 11 is 8.84. The number of amides is 2. The molecule has 2 amide bonds. The number of nitrogens with zero attached hydrogens (tertiary/aromatic N) is 3. The maximum absolute atomic E-state index is 12.2. The number of aromatic nitrogens is 1. The summed E-state index contributed by atoms with van der Waals surface area (Å²) < 4.78 is 3.02. The lowest BCUT2D eigenvalue weighted by Gasteiger charge is -2.14. The van der Waals surface area contributed by atoms with Crippen molar-refractivity contribution in [1.82, 2.24) is 9.47 Å². The van der Waals surface area contributed by atoms with Gasteiger partial charge in [-0.25, -0.2) is 0 Å². The Morgan fingerprint density at radius 3 is 2.76 bits per heavy atom. The lowest BCUT2D eigenvalue weighted by atomic mass is 10.3. The van der Waals surface area contributed by atoms with Gasteiger partial charge in [0.05, 0.1) is 21.7 Å². The molecule has 5 nitrogen and oxygen atoms in total. The third-order valence-electron chi connectivity index (χ3n) is 4.09. The fourth-order valence-electron chi connectivity index (χ4n) is 2.86. The van der Waals surface area contributed by atoms with Gasteiger partial charge >= 0.3 is 0 Å². The Morgan fingerprint density at radius 2 is 2.04 bits per heavy atom. The van der Waals surface area contributed by atoms with E-state index in [-0.39, 0.29) is 17.6 Å². The summed E-state index contributed by atoms with van der Waals surface area (Å²) in [6.45, 7) is 4.44. The first-order chi connectivity index (χ1) is 12.1. The van der Waals surface area contributed by atoms with Crippen LogP contribution >= 0.6 is 34.7 Å². The van der Waals surface area contributed by atoms with E-state index in [0.717, 1.165) is 42.7 Å². The zero-order valence-corrected chi connectivity index (χ0v) is 16.4. The van der Waals surface area contributed by atoms with E-state index < -0.39 is 0 Å². The molecular formula is C17H20ClN3O2S2. The molecule has 1 aromatic heterocycles. The third kappa shape index (κ3) is 4.46. The summed E-state index contributed by atoms with van der Waals surface area (Å²) in [6.07, 6.45) is 2.16. The Morgan fingerprint density at radius 1 is 1.28 bits per heavy atom. The summed E-state index contributed by atoms with van der Waals surface area (Å²) in [4.78, 5) is 31.0. The number of rotatable bonds is 5. The number of halogens is 1. The van der Waals surface area contributed by atoms with Crippen LogP contribution in [0.5, 0.6) is 0 Å². The van der Waals surface area contributed by atoms with Gasteiger partial charge in [-0.2, -0.15) is 4.99 Å². The zero-order chi connectivity index (χ0) is 17.8. The van der Waals surface area contributed by atoms with Crippen molar-refractivity contribution in [3.05, 3.63) is 28.0 Å². The molecule has 0 N–H and O–H groups in total. The van der Waals surface area contributed by atoms with Crippen molar-refractivity contribution in [3.63, 3.8) is 0 Å². The van der Waals surface area contributed by atoms with Gasteiger partial charge in [0.2, 0.25) is 5.91 Å². The van der Waals surface area contributed by atoms with Gasteiger partial charge in [0.15, 0.2) is 4.80 Å². The van der Waals surface area contributed by atoms with Crippen LogP contribution < -0.4 is 4.80 Å². The largest absolute Gasteiger partial charge is 0.342 e. The van der Waals surface area contributed by atoms with Crippen molar-refractivity contribution in [2.24, 2.45) is 4.99 Å². The minimum Gasteiger partial charge on any atom is -0.342 e. The zero-order valence-electron chi connectivity index (χ0n) is 14.0. The highest BCUT2D eigenvalue weighted by atomic mass is 35.5. The molecule has 0 radical (unpaired) electrons. The first-order valence-corrected chi connectivity index (χ1v) is 10.7. The van der Waals surface area contributed by atoms with E-state index >= 15 is 0 Å². The molecule has 1 aliphatic heterocycles. The molecule has 134 valence electrons. The average molecular weight is 398 g/mol. The number of aryl methyl sites for hydroxylation is 1. The summed E-state index contributed by atoms with van der Waals surface area (Å²) in [7, 11) is 0. The van der Waals surface area contributed by atoms with Crippen LogP contribution in [0.15, 0.2) is 23.2 Å². The van der Waals surface area contributed by atoms with Crippen molar-refractivity contribution in [1.29, 1.82) is 0 Å². The number of carbonyl (C=O) groups is 2. The molecule has 2 aromatic rings. The maximum atomic E-state index is 12.2. The van der Waals surface area contributed by atoms with E-state index in [9.17, 15) is 9.59 Å². The minimum absolute atomic E-state index is 0.121. The molecule has 0 unspecified atom stereocenters. The molecule has 1 aromatic carbocycles. The normalized spacial score (nSPS) is 15.3. The van der Waals surface area contributed by atoms with Crippen molar-refractivity contribution < 1.29 is 9.59 Å². The highest BCUT2D eigenvalue weighted by Crippen LogP contribution is 2.21. The Hall–Kier alpha value is -1.31. The van der Waals surface area contributed by atoms with E-state index in [4.69, 9.17) is 11.6 Å². The SMILES string of the molecule is CCn1c(=NC(=O)CSCC(=O)N2CCCC2)sc2cc(Cl)ccc21. The van der Waals surface area contributed by atoms with Crippen molar-refractivity contribution in [3.8, 4) is 0 Å². The van der Waals surface area contributed by atoms with Gasteiger partial charge < -0.3 is 9.47 Å². The second kappa shape index (κ2) is 8.38. The van der Waals surface area contributed by atoms with E-state index in [1.165, 1.54) is 23.1 Å². The first-order valence-electron chi connectivity index (χ1n) is 8.30. The predicted octanol–water partition coefficient (Wildman–Crippen LogP) is 3.16. The van der Waals surface area contributed by atoms with Gasteiger partial charge in [0.1, 0.15) is 0 Å². The van der Waals surface area contributed by atoms with Crippen LogP contribution in [0.2, 0.25) is 5.02 Å². The molecular weight excluding hydrogens is 378 g/mol. The fraction of sp³-hybridized carbons (Fsp3) is 0.471. The second-order valence-electron chi connectivity index (χ2n) is 5.83. The van der Waals surface area contributed by atoms with Crippen LogP contribution in [0.3, 0.4) is 0 Å². The molecule has 2 heterocycles. The molecule has 25 heavy (non-hydrogen) atoms. The molecule has 1 aliphatic rings. The number of likely N-dealkylation sites (tertiary alicyclic amines) is 1. The van der Waals surface area contributed by atoms with E-state index in [1.54, 1.807) is 0 Å². The molecule has 8 heteroatoms. The van der Waals surface area contributed by atoms with Gasteiger partial charge in [0, 0.05) is 24.7 Å². The number of thiazole rings is 1. The van der Waals surface area contributed by atoms with Crippen LogP contribution in [-0.4, -0.2) is 45.9 Å². The van der Waals surface area contributed by atoms with E-state index in [1.807, 2.05) is 34.6 Å². The van der Waals surface area contributed by atoms with Gasteiger partial charge in [0.25, 0.3) is 5.91 Å². The van der Waals surface area contributed by atoms with Crippen molar-refractivity contribution >= 4 is 56.7 Å². The molecule has 0 bridgehead atoms. The molecule has 0 spiro atoms. The van der Waals surface area contributed by atoms with Gasteiger partial charge in [-0.05, 0) is 38.0 Å². The molecule has 0 atom stereocenters.